The van der Waals surface area contributed by atoms with Crippen molar-refractivity contribution in [1.29, 1.82) is 5.26 Å². The maximum atomic E-state index is 9.19. The van der Waals surface area contributed by atoms with Crippen LogP contribution in [0.4, 0.5) is 10.8 Å². The quantitative estimate of drug-likeness (QED) is 0.936. The van der Waals surface area contributed by atoms with Crippen molar-refractivity contribution in [1.82, 2.24) is 10.3 Å². The highest BCUT2D eigenvalue weighted by Gasteiger charge is 2.14. The van der Waals surface area contributed by atoms with E-state index in [1.807, 2.05) is 36.2 Å². The second kappa shape index (κ2) is 6.25. The van der Waals surface area contributed by atoms with Crippen LogP contribution in [0.2, 0.25) is 0 Å². The van der Waals surface area contributed by atoms with Crippen LogP contribution in [0.15, 0.2) is 29.6 Å². The Hall–Kier alpha value is -1.90. The molecule has 1 N–H and O–H groups in total. The van der Waals surface area contributed by atoms with Crippen LogP contribution in [-0.2, 0) is 6.54 Å². The number of anilines is 2. The molecule has 1 heterocycles. The summed E-state index contributed by atoms with van der Waals surface area (Å²) in [5, 5.41) is 15.6. The van der Waals surface area contributed by atoms with E-state index in [1.54, 1.807) is 11.3 Å². The molecule has 0 unspecified atom stereocenters. The number of nitrogens with one attached hydrogen (secondary N) is 1. The third-order valence-electron chi connectivity index (χ3n) is 3.01. The molecule has 0 spiro atoms. The molecule has 0 aliphatic rings. The Morgan fingerprint density at radius 2 is 2.05 bits per heavy atom. The molecule has 1 aromatic heterocycles. The third-order valence-corrected chi connectivity index (χ3v) is 3.98. The van der Waals surface area contributed by atoms with E-state index in [9.17, 15) is 5.26 Å². The van der Waals surface area contributed by atoms with Crippen molar-refractivity contribution < 1.29 is 0 Å². The van der Waals surface area contributed by atoms with Gasteiger partial charge in [0.05, 0.1) is 16.9 Å². The molecule has 0 fully saturated rings. The standard InChI is InChI=1S/C16H20N4S/c1-16(2,3)18-10-13-11-21-15(19-13)20(4)14-8-6-5-7-12(14)9-17/h5-8,11,18H,10H2,1-4H3. The second-order valence-electron chi connectivity index (χ2n) is 5.91. The number of nitrogens with zero attached hydrogens (tertiary/aromatic N) is 3. The number of nitriles is 1. The lowest BCUT2D eigenvalue weighted by atomic mass is 10.1. The Balaban J connectivity index is 2.16. The highest BCUT2D eigenvalue weighted by Crippen LogP contribution is 2.29. The lowest BCUT2D eigenvalue weighted by molar-refractivity contribution is 0.422. The number of benzene rings is 1. The molecule has 0 saturated carbocycles. The minimum absolute atomic E-state index is 0.0725. The van der Waals surface area contributed by atoms with Gasteiger partial charge in [-0.05, 0) is 32.9 Å². The molecule has 0 aliphatic heterocycles. The number of thiazole rings is 1. The van der Waals surface area contributed by atoms with Crippen LogP contribution in [0.1, 0.15) is 32.0 Å². The molecule has 110 valence electrons. The minimum atomic E-state index is 0.0725. The first-order valence-corrected chi connectivity index (χ1v) is 7.71. The van der Waals surface area contributed by atoms with Gasteiger partial charge in [-0.15, -0.1) is 11.3 Å². The van der Waals surface area contributed by atoms with Crippen molar-refractivity contribution >= 4 is 22.2 Å². The molecule has 1 aromatic carbocycles. The SMILES string of the molecule is CN(c1nc(CNC(C)(C)C)cs1)c1ccccc1C#N. The van der Waals surface area contributed by atoms with E-state index in [2.05, 4.69) is 42.5 Å². The fourth-order valence-electron chi connectivity index (χ4n) is 1.85. The van der Waals surface area contributed by atoms with Crippen LogP contribution in [0.25, 0.3) is 0 Å². The van der Waals surface area contributed by atoms with Gasteiger partial charge in [-0.3, -0.25) is 0 Å². The van der Waals surface area contributed by atoms with E-state index >= 15 is 0 Å². The van der Waals surface area contributed by atoms with Gasteiger partial charge in [0, 0.05) is 24.5 Å². The summed E-state index contributed by atoms with van der Waals surface area (Å²) in [6.45, 7) is 7.15. The van der Waals surface area contributed by atoms with Crippen molar-refractivity contribution in [2.45, 2.75) is 32.9 Å². The van der Waals surface area contributed by atoms with Crippen molar-refractivity contribution in [3.8, 4) is 6.07 Å². The zero-order valence-electron chi connectivity index (χ0n) is 12.8. The van der Waals surface area contributed by atoms with Gasteiger partial charge in [0.1, 0.15) is 6.07 Å². The van der Waals surface area contributed by atoms with Gasteiger partial charge in [0.15, 0.2) is 5.13 Å². The van der Waals surface area contributed by atoms with E-state index < -0.39 is 0 Å². The van der Waals surface area contributed by atoms with Gasteiger partial charge in [-0.2, -0.15) is 5.26 Å². The number of hydrogen-bond donors (Lipinski definition) is 1. The summed E-state index contributed by atoms with van der Waals surface area (Å²) >= 11 is 1.59. The van der Waals surface area contributed by atoms with Gasteiger partial charge < -0.3 is 10.2 Å². The van der Waals surface area contributed by atoms with Crippen LogP contribution >= 0.6 is 11.3 Å². The number of rotatable bonds is 4. The monoisotopic (exact) mass is 300 g/mol. The lowest BCUT2D eigenvalue weighted by Crippen LogP contribution is -2.35. The smallest absolute Gasteiger partial charge is 0.189 e. The highest BCUT2D eigenvalue weighted by molar-refractivity contribution is 7.13. The highest BCUT2D eigenvalue weighted by atomic mass is 32.1. The topological polar surface area (TPSA) is 52.0 Å². The maximum absolute atomic E-state index is 9.19. The predicted molar refractivity (Wildman–Crippen MR) is 87.9 cm³/mol. The molecule has 2 aromatic rings. The summed E-state index contributed by atoms with van der Waals surface area (Å²) in [6, 6.07) is 9.78. The predicted octanol–water partition coefficient (Wildman–Crippen LogP) is 3.67. The summed E-state index contributed by atoms with van der Waals surface area (Å²) in [5.74, 6) is 0. The zero-order valence-corrected chi connectivity index (χ0v) is 13.7. The number of aromatic nitrogens is 1. The van der Waals surface area contributed by atoms with E-state index in [0.29, 0.717) is 5.56 Å². The average Bonchev–Trinajstić information content (AvgIpc) is 2.92. The van der Waals surface area contributed by atoms with Gasteiger partial charge in [0.2, 0.25) is 0 Å². The molecular weight excluding hydrogens is 280 g/mol. The Kier molecular flexibility index (Phi) is 4.61. The van der Waals surface area contributed by atoms with Crippen molar-refractivity contribution in [2.75, 3.05) is 11.9 Å². The molecule has 0 amide bonds. The van der Waals surface area contributed by atoms with Crippen LogP contribution in [0.5, 0.6) is 0 Å². The fourth-order valence-corrected chi connectivity index (χ4v) is 2.65. The van der Waals surface area contributed by atoms with Crippen molar-refractivity contribution in [3.63, 3.8) is 0 Å². The molecule has 21 heavy (non-hydrogen) atoms. The van der Waals surface area contributed by atoms with E-state index in [0.717, 1.165) is 23.1 Å². The first-order valence-electron chi connectivity index (χ1n) is 6.83. The molecular formula is C16H20N4S. The second-order valence-corrected chi connectivity index (χ2v) is 6.75. The fraction of sp³-hybridized carbons (Fsp3) is 0.375. The molecule has 0 saturated heterocycles. The van der Waals surface area contributed by atoms with Crippen LogP contribution in [0, 0.1) is 11.3 Å². The van der Waals surface area contributed by atoms with Crippen LogP contribution in [-0.4, -0.2) is 17.6 Å². The summed E-state index contributed by atoms with van der Waals surface area (Å²) in [4.78, 5) is 6.60. The van der Waals surface area contributed by atoms with Gasteiger partial charge in [0.25, 0.3) is 0 Å². The van der Waals surface area contributed by atoms with Crippen LogP contribution in [0.3, 0.4) is 0 Å². The third kappa shape index (κ3) is 4.03. The Morgan fingerprint density at radius 3 is 2.71 bits per heavy atom. The summed E-state index contributed by atoms with van der Waals surface area (Å²) in [5.41, 5.74) is 2.63. The van der Waals surface area contributed by atoms with Gasteiger partial charge in [-0.25, -0.2) is 4.98 Å². The Bertz CT molecular complexity index is 649. The average molecular weight is 300 g/mol. The minimum Gasteiger partial charge on any atom is -0.320 e. The summed E-state index contributed by atoms with van der Waals surface area (Å²) in [6.07, 6.45) is 0. The summed E-state index contributed by atoms with van der Waals surface area (Å²) in [7, 11) is 1.94. The van der Waals surface area contributed by atoms with Crippen molar-refractivity contribution in [3.05, 3.63) is 40.9 Å². The Labute approximate surface area is 130 Å². The molecule has 2 rings (SSSR count). The van der Waals surface area contributed by atoms with E-state index in [1.165, 1.54) is 0 Å². The normalized spacial score (nSPS) is 11.2. The summed E-state index contributed by atoms with van der Waals surface area (Å²) < 4.78 is 0. The first-order chi connectivity index (χ1) is 9.90. The number of hydrogen-bond acceptors (Lipinski definition) is 5. The maximum Gasteiger partial charge on any atom is 0.189 e. The number of para-hydroxylation sites is 1. The largest absolute Gasteiger partial charge is 0.320 e. The molecule has 0 bridgehead atoms. The van der Waals surface area contributed by atoms with E-state index in [4.69, 9.17) is 0 Å². The molecule has 0 atom stereocenters. The van der Waals surface area contributed by atoms with E-state index in [-0.39, 0.29) is 5.54 Å². The lowest BCUT2D eigenvalue weighted by Gasteiger charge is -2.19. The van der Waals surface area contributed by atoms with Gasteiger partial charge >= 0.3 is 0 Å². The Morgan fingerprint density at radius 1 is 1.33 bits per heavy atom. The molecule has 0 aliphatic carbocycles. The van der Waals surface area contributed by atoms with Gasteiger partial charge in [-0.1, -0.05) is 12.1 Å². The molecule has 5 heteroatoms. The molecule has 0 radical (unpaired) electrons. The zero-order chi connectivity index (χ0) is 15.5. The first kappa shape index (κ1) is 15.5. The van der Waals surface area contributed by atoms with Crippen LogP contribution < -0.4 is 10.2 Å². The molecule has 4 nitrogen and oxygen atoms in total. The van der Waals surface area contributed by atoms with Crippen molar-refractivity contribution in [2.24, 2.45) is 0 Å².